The van der Waals surface area contributed by atoms with Gasteiger partial charge in [0.15, 0.2) is 0 Å². The van der Waals surface area contributed by atoms with Crippen LogP contribution in [0.25, 0.3) is 0 Å². The van der Waals surface area contributed by atoms with E-state index in [9.17, 15) is 13.2 Å². The molecule has 2 heterocycles. The Morgan fingerprint density at radius 3 is 2.83 bits per heavy atom. The van der Waals surface area contributed by atoms with Crippen molar-refractivity contribution < 1.29 is 17.9 Å². The second-order valence-corrected chi connectivity index (χ2v) is 6.15. The number of ether oxygens (including phenoxy) is 1. The van der Waals surface area contributed by atoms with Crippen LogP contribution in [0.4, 0.5) is 13.2 Å². The molecule has 0 saturated carbocycles. The summed E-state index contributed by atoms with van der Waals surface area (Å²) in [4.78, 5) is 2.25. The van der Waals surface area contributed by atoms with E-state index in [1.807, 2.05) is 19.4 Å². The topological polar surface area (TPSA) is 30.3 Å². The second-order valence-electron chi connectivity index (χ2n) is 6.15. The molecule has 0 bridgehead atoms. The molecule has 130 valence electrons. The van der Waals surface area contributed by atoms with Crippen molar-refractivity contribution in [1.29, 1.82) is 0 Å². The first-order valence-corrected chi connectivity index (χ1v) is 7.88. The molecule has 0 amide bonds. The number of hydrogen-bond acceptors (Lipinski definition) is 3. The quantitative estimate of drug-likeness (QED) is 0.858. The molecule has 0 spiro atoms. The standard InChI is InChI=1S/C17H20F3N3O/c1-22-10-14(9-21-22)11-23-5-6-24-16(12-23)8-13-3-2-4-15(7-13)17(18,19)20/h2-4,7,9-10,16H,5-6,8,11-12H2,1H3. The summed E-state index contributed by atoms with van der Waals surface area (Å²) in [5.74, 6) is 0. The van der Waals surface area contributed by atoms with E-state index in [2.05, 4.69) is 10.00 Å². The summed E-state index contributed by atoms with van der Waals surface area (Å²) >= 11 is 0. The number of benzene rings is 1. The third kappa shape index (κ3) is 4.36. The Morgan fingerprint density at radius 1 is 1.29 bits per heavy atom. The number of morpholine rings is 1. The predicted octanol–water partition coefficient (Wildman–Crippen LogP) is 2.88. The molecule has 2 aromatic rings. The Kier molecular flexibility index (Phi) is 4.91. The van der Waals surface area contributed by atoms with Crippen molar-refractivity contribution in [3.05, 3.63) is 53.3 Å². The fourth-order valence-electron chi connectivity index (χ4n) is 3.00. The van der Waals surface area contributed by atoms with Crippen LogP contribution in [0.3, 0.4) is 0 Å². The average molecular weight is 339 g/mol. The van der Waals surface area contributed by atoms with Gasteiger partial charge in [-0.1, -0.05) is 18.2 Å². The molecule has 1 aliphatic rings. The van der Waals surface area contributed by atoms with Crippen LogP contribution in [0.5, 0.6) is 0 Å². The fourth-order valence-corrected chi connectivity index (χ4v) is 3.00. The summed E-state index contributed by atoms with van der Waals surface area (Å²) in [5, 5.41) is 4.15. The average Bonchev–Trinajstić information content (AvgIpc) is 2.92. The minimum Gasteiger partial charge on any atom is -0.375 e. The van der Waals surface area contributed by atoms with E-state index in [1.165, 1.54) is 12.1 Å². The predicted molar refractivity (Wildman–Crippen MR) is 83.4 cm³/mol. The molecular formula is C17H20F3N3O. The van der Waals surface area contributed by atoms with Gasteiger partial charge in [-0.25, -0.2) is 0 Å². The van der Waals surface area contributed by atoms with Crippen LogP contribution in [0.1, 0.15) is 16.7 Å². The Hall–Kier alpha value is -1.86. The van der Waals surface area contributed by atoms with Crippen LogP contribution in [0.15, 0.2) is 36.7 Å². The maximum Gasteiger partial charge on any atom is 0.416 e. The Bertz CT molecular complexity index is 684. The Morgan fingerprint density at radius 2 is 2.12 bits per heavy atom. The third-order valence-electron chi connectivity index (χ3n) is 4.11. The van der Waals surface area contributed by atoms with Crippen molar-refractivity contribution in [3.63, 3.8) is 0 Å². The Labute approximate surface area is 138 Å². The molecular weight excluding hydrogens is 319 g/mol. The van der Waals surface area contributed by atoms with Crippen LogP contribution in [-0.4, -0.2) is 40.5 Å². The van der Waals surface area contributed by atoms with Crippen molar-refractivity contribution in [2.75, 3.05) is 19.7 Å². The van der Waals surface area contributed by atoms with Gasteiger partial charge in [-0.05, 0) is 18.1 Å². The van der Waals surface area contributed by atoms with E-state index < -0.39 is 11.7 Å². The number of alkyl halides is 3. The number of halogens is 3. The molecule has 0 aliphatic carbocycles. The lowest BCUT2D eigenvalue weighted by atomic mass is 10.0. The molecule has 3 rings (SSSR count). The van der Waals surface area contributed by atoms with E-state index in [1.54, 1.807) is 10.7 Å². The number of hydrogen-bond donors (Lipinski definition) is 0. The highest BCUT2D eigenvalue weighted by molar-refractivity contribution is 5.26. The van der Waals surface area contributed by atoms with Crippen LogP contribution in [0, 0.1) is 0 Å². The van der Waals surface area contributed by atoms with Gasteiger partial charge in [0.25, 0.3) is 0 Å². The van der Waals surface area contributed by atoms with Gasteiger partial charge in [-0.2, -0.15) is 18.3 Å². The molecule has 0 radical (unpaired) electrons. The summed E-state index contributed by atoms with van der Waals surface area (Å²) in [5.41, 5.74) is 1.17. The summed E-state index contributed by atoms with van der Waals surface area (Å²) in [6.45, 7) is 2.87. The lowest BCUT2D eigenvalue weighted by Crippen LogP contribution is -2.42. The second kappa shape index (κ2) is 6.94. The van der Waals surface area contributed by atoms with E-state index >= 15 is 0 Å². The zero-order chi connectivity index (χ0) is 17.2. The largest absolute Gasteiger partial charge is 0.416 e. The lowest BCUT2D eigenvalue weighted by molar-refractivity contribution is -0.137. The first-order chi connectivity index (χ1) is 11.4. The third-order valence-corrected chi connectivity index (χ3v) is 4.11. The van der Waals surface area contributed by atoms with Crippen molar-refractivity contribution in [2.24, 2.45) is 7.05 Å². The summed E-state index contributed by atoms with van der Waals surface area (Å²) in [6.07, 6.45) is -0.128. The molecule has 1 unspecified atom stereocenters. The molecule has 4 nitrogen and oxygen atoms in total. The van der Waals surface area contributed by atoms with E-state index in [0.717, 1.165) is 24.7 Å². The summed E-state index contributed by atoms with van der Waals surface area (Å²) < 4.78 is 45.9. The highest BCUT2D eigenvalue weighted by atomic mass is 19.4. The molecule has 1 fully saturated rings. The number of aryl methyl sites for hydroxylation is 1. The monoisotopic (exact) mass is 339 g/mol. The van der Waals surface area contributed by atoms with Gasteiger partial charge in [-0.3, -0.25) is 9.58 Å². The summed E-state index contributed by atoms with van der Waals surface area (Å²) in [6, 6.07) is 5.48. The SMILES string of the molecule is Cn1cc(CN2CCOC(Cc3cccc(C(F)(F)F)c3)C2)cn1. The van der Waals surface area contributed by atoms with Crippen molar-refractivity contribution >= 4 is 0 Å². The fraction of sp³-hybridized carbons (Fsp3) is 0.471. The van der Waals surface area contributed by atoms with E-state index in [0.29, 0.717) is 25.1 Å². The van der Waals surface area contributed by atoms with Crippen molar-refractivity contribution in [1.82, 2.24) is 14.7 Å². The minimum absolute atomic E-state index is 0.0982. The van der Waals surface area contributed by atoms with Crippen LogP contribution in [-0.2, 0) is 30.9 Å². The van der Waals surface area contributed by atoms with Crippen LogP contribution >= 0.6 is 0 Å². The minimum atomic E-state index is -4.31. The van der Waals surface area contributed by atoms with Crippen LogP contribution in [0.2, 0.25) is 0 Å². The van der Waals surface area contributed by atoms with Crippen molar-refractivity contribution in [3.8, 4) is 0 Å². The summed E-state index contributed by atoms with van der Waals surface area (Å²) in [7, 11) is 1.87. The highest BCUT2D eigenvalue weighted by Crippen LogP contribution is 2.30. The maximum absolute atomic E-state index is 12.8. The van der Waals surface area contributed by atoms with Gasteiger partial charge in [0.1, 0.15) is 0 Å². The Balaban J connectivity index is 1.61. The lowest BCUT2D eigenvalue weighted by Gasteiger charge is -2.32. The molecule has 24 heavy (non-hydrogen) atoms. The zero-order valence-corrected chi connectivity index (χ0v) is 13.5. The molecule has 7 heteroatoms. The first-order valence-electron chi connectivity index (χ1n) is 7.88. The highest BCUT2D eigenvalue weighted by Gasteiger charge is 2.30. The van der Waals surface area contributed by atoms with E-state index in [-0.39, 0.29) is 6.10 Å². The molecule has 1 saturated heterocycles. The van der Waals surface area contributed by atoms with Gasteiger partial charge >= 0.3 is 6.18 Å². The molecule has 1 aromatic heterocycles. The van der Waals surface area contributed by atoms with E-state index in [4.69, 9.17) is 4.74 Å². The van der Waals surface area contributed by atoms with Gasteiger partial charge in [0.2, 0.25) is 0 Å². The van der Waals surface area contributed by atoms with Crippen LogP contribution < -0.4 is 0 Å². The van der Waals surface area contributed by atoms with Gasteiger partial charge < -0.3 is 4.74 Å². The van der Waals surface area contributed by atoms with Gasteiger partial charge in [0.05, 0.1) is 24.5 Å². The molecule has 0 N–H and O–H groups in total. The molecule has 1 atom stereocenters. The normalized spacial score (nSPS) is 19.6. The van der Waals surface area contributed by atoms with Gasteiger partial charge in [0, 0.05) is 38.4 Å². The molecule has 1 aromatic carbocycles. The number of rotatable bonds is 4. The first kappa shape index (κ1) is 17.0. The number of aromatic nitrogens is 2. The number of nitrogens with zero attached hydrogens (tertiary/aromatic N) is 3. The smallest absolute Gasteiger partial charge is 0.375 e. The molecule has 1 aliphatic heterocycles. The maximum atomic E-state index is 12.8. The van der Waals surface area contributed by atoms with Gasteiger partial charge in [-0.15, -0.1) is 0 Å². The van der Waals surface area contributed by atoms with Crippen molar-refractivity contribution in [2.45, 2.75) is 25.2 Å². The zero-order valence-electron chi connectivity index (χ0n) is 13.5.